The number of amides is 1. The van der Waals surface area contributed by atoms with Gasteiger partial charge in [0.1, 0.15) is 0 Å². The van der Waals surface area contributed by atoms with Crippen LogP contribution in [0.15, 0.2) is 24.3 Å². The lowest BCUT2D eigenvalue weighted by atomic mass is 9.92. The second kappa shape index (κ2) is 10.4. The van der Waals surface area contributed by atoms with Crippen LogP contribution in [-0.2, 0) is 17.8 Å². The molecule has 0 saturated carbocycles. The van der Waals surface area contributed by atoms with E-state index in [-0.39, 0.29) is 0 Å². The third kappa shape index (κ3) is 6.05. The Morgan fingerprint density at radius 1 is 1.07 bits per heavy atom. The fraction of sp³-hybridized carbons (Fsp3) is 0.708. The third-order valence-electron chi connectivity index (χ3n) is 6.84. The van der Waals surface area contributed by atoms with Gasteiger partial charge in [-0.15, -0.1) is 0 Å². The van der Waals surface area contributed by atoms with E-state index in [1.165, 1.54) is 30.5 Å². The first kappa shape index (κ1) is 21.3. The zero-order valence-electron chi connectivity index (χ0n) is 18.2. The van der Waals surface area contributed by atoms with E-state index in [1.54, 1.807) is 0 Å². The molecule has 4 nitrogen and oxygen atoms in total. The highest BCUT2D eigenvalue weighted by Crippen LogP contribution is 2.24. The molecule has 0 aliphatic carbocycles. The van der Waals surface area contributed by atoms with E-state index in [9.17, 15) is 4.79 Å². The van der Waals surface area contributed by atoms with Gasteiger partial charge in [-0.1, -0.05) is 31.2 Å². The molecule has 2 heterocycles. The Labute approximate surface area is 171 Å². The van der Waals surface area contributed by atoms with Crippen molar-refractivity contribution >= 4 is 5.91 Å². The van der Waals surface area contributed by atoms with Crippen LogP contribution in [0.3, 0.4) is 0 Å². The van der Waals surface area contributed by atoms with E-state index in [1.807, 2.05) is 11.9 Å². The smallest absolute Gasteiger partial charge is 0.222 e. The van der Waals surface area contributed by atoms with Crippen molar-refractivity contribution in [1.82, 2.24) is 14.7 Å². The first-order valence-corrected chi connectivity index (χ1v) is 11.3. The Morgan fingerprint density at radius 2 is 1.75 bits per heavy atom. The van der Waals surface area contributed by atoms with Crippen LogP contribution in [0, 0.1) is 5.92 Å². The van der Waals surface area contributed by atoms with E-state index in [0.717, 1.165) is 51.9 Å². The number of rotatable bonds is 7. The van der Waals surface area contributed by atoms with Crippen molar-refractivity contribution in [3.8, 4) is 0 Å². The minimum atomic E-state index is 0.349. The number of benzene rings is 1. The zero-order chi connectivity index (χ0) is 19.9. The molecule has 156 valence electrons. The zero-order valence-corrected chi connectivity index (χ0v) is 18.2. The summed E-state index contributed by atoms with van der Waals surface area (Å²) < 4.78 is 0. The van der Waals surface area contributed by atoms with Gasteiger partial charge in [-0.05, 0) is 82.3 Å². The van der Waals surface area contributed by atoms with Crippen molar-refractivity contribution in [2.45, 2.75) is 64.5 Å². The summed E-state index contributed by atoms with van der Waals surface area (Å²) >= 11 is 0. The van der Waals surface area contributed by atoms with Crippen LogP contribution in [0.25, 0.3) is 0 Å². The van der Waals surface area contributed by atoms with E-state index in [0.29, 0.717) is 24.3 Å². The van der Waals surface area contributed by atoms with Crippen LogP contribution >= 0.6 is 0 Å². The predicted octanol–water partition coefficient (Wildman–Crippen LogP) is 3.79. The molecule has 1 unspecified atom stereocenters. The Hall–Kier alpha value is -1.39. The molecular weight excluding hydrogens is 346 g/mol. The van der Waals surface area contributed by atoms with Gasteiger partial charge in [0.05, 0.1) is 0 Å². The third-order valence-corrected chi connectivity index (χ3v) is 6.84. The normalized spacial score (nSPS) is 22.3. The summed E-state index contributed by atoms with van der Waals surface area (Å²) in [5, 5.41) is 0. The molecular formula is C24H39N3O. The monoisotopic (exact) mass is 385 g/mol. The lowest BCUT2D eigenvalue weighted by Gasteiger charge is -2.36. The number of likely N-dealkylation sites (tertiary alicyclic amines) is 2. The number of carbonyl (C=O) groups excluding carboxylic acids is 1. The highest BCUT2D eigenvalue weighted by Gasteiger charge is 2.25. The van der Waals surface area contributed by atoms with Gasteiger partial charge in [0.25, 0.3) is 0 Å². The second-order valence-electron chi connectivity index (χ2n) is 8.99. The van der Waals surface area contributed by atoms with Crippen molar-refractivity contribution in [3.05, 3.63) is 35.4 Å². The second-order valence-corrected chi connectivity index (χ2v) is 8.99. The Morgan fingerprint density at radius 3 is 2.43 bits per heavy atom. The summed E-state index contributed by atoms with van der Waals surface area (Å²) in [4.78, 5) is 19.7. The number of hydrogen-bond acceptors (Lipinski definition) is 3. The van der Waals surface area contributed by atoms with Crippen molar-refractivity contribution in [2.75, 3.05) is 40.3 Å². The summed E-state index contributed by atoms with van der Waals surface area (Å²) in [5.74, 6) is 1.01. The molecule has 0 N–H and O–H groups in total. The maximum Gasteiger partial charge on any atom is 0.222 e. The van der Waals surface area contributed by atoms with Crippen LogP contribution in [0.2, 0.25) is 0 Å². The van der Waals surface area contributed by atoms with E-state index in [4.69, 9.17) is 0 Å². The van der Waals surface area contributed by atoms with Gasteiger partial charge >= 0.3 is 0 Å². The Balaban J connectivity index is 1.42. The van der Waals surface area contributed by atoms with Gasteiger partial charge in [0.2, 0.25) is 5.91 Å². The van der Waals surface area contributed by atoms with Crippen LogP contribution in [-0.4, -0.2) is 66.9 Å². The molecule has 2 aliphatic rings. The van der Waals surface area contributed by atoms with Crippen LogP contribution in [0.1, 0.15) is 56.6 Å². The van der Waals surface area contributed by atoms with Crippen LogP contribution < -0.4 is 0 Å². The van der Waals surface area contributed by atoms with E-state index in [2.05, 4.69) is 48.0 Å². The molecule has 1 atom stereocenters. The Kier molecular flexibility index (Phi) is 7.92. The molecule has 0 spiro atoms. The summed E-state index contributed by atoms with van der Waals surface area (Å²) in [5.41, 5.74) is 2.82. The number of aryl methyl sites for hydroxylation is 1. The fourth-order valence-corrected chi connectivity index (χ4v) is 4.76. The maximum atomic E-state index is 12.7. The molecule has 2 fully saturated rings. The largest absolute Gasteiger partial charge is 0.343 e. The Bertz CT molecular complexity index is 607. The molecule has 1 amide bonds. The van der Waals surface area contributed by atoms with Gasteiger partial charge in [0.15, 0.2) is 0 Å². The lowest BCUT2D eigenvalue weighted by Crippen LogP contribution is -2.44. The van der Waals surface area contributed by atoms with E-state index < -0.39 is 0 Å². The van der Waals surface area contributed by atoms with Gasteiger partial charge < -0.3 is 9.80 Å². The lowest BCUT2D eigenvalue weighted by molar-refractivity contribution is -0.133. The van der Waals surface area contributed by atoms with Gasteiger partial charge in [-0.3, -0.25) is 9.69 Å². The topological polar surface area (TPSA) is 26.8 Å². The van der Waals surface area contributed by atoms with Gasteiger partial charge in [0, 0.05) is 32.6 Å². The average Bonchev–Trinajstić information content (AvgIpc) is 2.73. The van der Waals surface area contributed by atoms with Crippen LogP contribution in [0.4, 0.5) is 0 Å². The quantitative estimate of drug-likeness (QED) is 0.714. The minimum absolute atomic E-state index is 0.349. The number of carbonyl (C=O) groups is 1. The summed E-state index contributed by atoms with van der Waals surface area (Å²) in [6, 6.07) is 9.52. The first-order chi connectivity index (χ1) is 13.5. The highest BCUT2D eigenvalue weighted by atomic mass is 16.2. The number of nitrogens with zero attached hydrogens (tertiary/aromatic N) is 3. The fourth-order valence-electron chi connectivity index (χ4n) is 4.76. The molecule has 0 bridgehead atoms. The number of piperidine rings is 2. The molecule has 0 radical (unpaired) electrons. The molecule has 28 heavy (non-hydrogen) atoms. The minimum Gasteiger partial charge on any atom is -0.343 e. The predicted molar refractivity (Wildman–Crippen MR) is 116 cm³/mol. The molecule has 2 aliphatic heterocycles. The van der Waals surface area contributed by atoms with E-state index >= 15 is 0 Å². The molecule has 4 heteroatoms. The van der Waals surface area contributed by atoms with Crippen molar-refractivity contribution in [3.63, 3.8) is 0 Å². The summed E-state index contributed by atoms with van der Waals surface area (Å²) in [6.07, 6.45) is 7.63. The maximum absolute atomic E-state index is 12.7. The molecule has 3 rings (SSSR count). The summed E-state index contributed by atoms with van der Waals surface area (Å²) in [7, 11) is 4.19. The first-order valence-electron chi connectivity index (χ1n) is 11.3. The molecule has 1 aromatic rings. The standard InChI is InChI=1S/C24H39N3O/c1-4-20-7-9-22(10-8-20)19-27-15-5-6-21(18-27)11-12-24(28)26(3)23-13-16-25(2)17-14-23/h7-10,21,23H,4-6,11-19H2,1-3H3. The van der Waals surface area contributed by atoms with Crippen molar-refractivity contribution in [1.29, 1.82) is 0 Å². The van der Waals surface area contributed by atoms with Crippen LogP contribution in [0.5, 0.6) is 0 Å². The van der Waals surface area contributed by atoms with Gasteiger partial charge in [-0.2, -0.15) is 0 Å². The highest BCUT2D eigenvalue weighted by molar-refractivity contribution is 5.76. The molecule has 0 aromatic heterocycles. The number of hydrogen-bond donors (Lipinski definition) is 0. The van der Waals surface area contributed by atoms with Crippen molar-refractivity contribution in [2.24, 2.45) is 5.92 Å². The summed E-state index contributed by atoms with van der Waals surface area (Å²) in [6.45, 7) is 7.80. The SMILES string of the molecule is CCc1ccc(CN2CCCC(CCC(=O)N(C)C3CCN(C)CC3)C2)cc1. The van der Waals surface area contributed by atoms with Gasteiger partial charge in [-0.25, -0.2) is 0 Å². The average molecular weight is 386 g/mol. The molecule has 2 saturated heterocycles. The molecule has 1 aromatic carbocycles. The van der Waals surface area contributed by atoms with Crippen molar-refractivity contribution < 1.29 is 4.79 Å².